The molecule has 34 heavy (non-hydrogen) atoms. The van der Waals surface area contributed by atoms with Crippen molar-refractivity contribution in [2.24, 2.45) is 0 Å². The number of aryl methyl sites for hydroxylation is 1. The van der Waals surface area contributed by atoms with E-state index in [4.69, 9.17) is 4.74 Å². The fourth-order valence-electron chi connectivity index (χ4n) is 3.59. The number of likely N-dealkylation sites (N-methyl/N-ethyl adjacent to an activating group) is 1. The van der Waals surface area contributed by atoms with E-state index in [9.17, 15) is 14.0 Å². The highest BCUT2D eigenvalue weighted by atomic mass is 79.9. The Kier molecular flexibility index (Phi) is 9.22. The quantitative estimate of drug-likeness (QED) is 0.402. The number of hydrogen-bond acceptors (Lipinski definition) is 3. The number of ether oxygens (including phenoxy) is 1. The third kappa shape index (κ3) is 6.90. The van der Waals surface area contributed by atoms with Gasteiger partial charge in [-0.3, -0.25) is 9.59 Å². The highest BCUT2D eigenvalue weighted by Crippen LogP contribution is 2.22. The first kappa shape index (κ1) is 25.4. The molecular weight excluding hydrogens is 499 g/mol. The lowest BCUT2D eigenvalue weighted by atomic mass is 10.0. The first-order valence-electron chi connectivity index (χ1n) is 11.1. The molecule has 0 radical (unpaired) electrons. The Morgan fingerprint density at radius 2 is 1.76 bits per heavy atom. The van der Waals surface area contributed by atoms with Gasteiger partial charge in [0.05, 0.1) is 0 Å². The van der Waals surface area contributed by atoms with Crippen molar-refractivity contribution in [2.75, 3.05) is 13.2 Å². The molecule has 2 amide bonds. The van der Waals surface area contributed by atoms with Gasteiger partial charge in [-0.05, 0) is 49.2 Å². The summed E-state index contributed by atoms with van der Waals surface area (Å²) in [6, 6.07) is 20.3. The summed E-state index contributed by atoms with van der Waals surface area (Å²) in [4.78, 5) is 27.9. The Morgan fingerprint density at radius 3 is 2.44 bits per heavy atom. The maximum absolute atomic E-state index is 14.5. The molecular formula is C27H28BrFN2O3. The van der Waals surface area contributed by atoms with Gasteiger partial charge in [0.25, 0.3) is 5.91 Å². The lowest BCUT2D eigenvalue weighted by Gasteiger charge is -2.31. The number of amides is 2. The zero-order valence-electron chi connectivity index (χ0n) is 19.3. The molecule has 3 aromatic carbocycles. The van der Waals surface area contributed by atoms with Gasteiger partial charge in [0.2, 0.25) is 5.91 Å². The molecule has 0 bridgehead atoms. The molecule has 1 atom stereocenters. The van der Waals surface area contributed by atoms with Crippen molar-refractivity contribution in [2.45, 2.75) is 32.9 Å². The monoisotopic (exact) mass is 526 g/mol. The Hall–Kier alpha value is -3.19. The number of carbonyl (C=O) groups excluding carboxylic acids is 2. The van der Waals surface area contributed by atoms with Crippen LogP contribution in [0.3, 0.4) is 0 Å². The number of rotatable bonds is 10. The van der Waals surface area contributed by atoms with Crippen LogP contribution in [0.1, 0.15) is 23.6 Å². The maximum atomic E-state index is 14.5. The van der Waals surface area contributed by atoms with Gasteiger partial charge >= 0.3 is 0 Å². The van der Waals surface area contributed by atoms with Crippen LogP contribution >= 0.6 is 15.9 Å². The highest BCUT2D eigenvalue weighted by molar-refractivity contribution is 9.10. The highest BCUT2D eigenvalue weighted by Gasteiger charge is 2.31. The number of hydrogen-bond donors (Lipinski definition) is 1. The van der Waals surface area contributed by atoms with Crippen molar-refractivity contribution in [3.8, 4) is 5.75 Å². The van der Waals surface area contributed by atoms with E-state index in [2.05, 4.69) is 21.2 Å². The van der Waals surface area contributed by atoms with Crippen molar-refractivity contribution < 1.29 is 18.7 Å². The van der Waals surface area contributed by atoms with Crippen LogP contribution in [0.2, 0.25) is 0 Å². The Labute approximate surface area is 208 Å². The molecule has 5 nitrogen and oxygen atoms in total. The summed E-state index contributed by atoms with van der Waals surface area (Å²) in [5.74, 6) is -0.594. The zero-order chi connectivity index (χ0) is 24.5. The van der Waals surface area contributed by atoms with Crippen molar-refractivity contribution in [3.63, 3.8) is 0 Å². The van der Waals surface area contributed by atoms with Crippen molar-refractivity contribution in [1.82, 2.24) is 10.2 Å². The first-order chi connectivity index (χ1) is 16.4. The number of carbonyl (C=O) groups is 2. The Morgan fingerprint density at radius 1 is 1.06 bits per heavy atom. The lowest BCUT2D eigenvalue weighted by Crippen LogP contribution is -2.51. The Balaban J connectivity index is 1.90. The second kappa shape index (κ2) is 12.3. The molecule has 3 rings (SSSR count). The van der Waals surface area contributed by atoms with Gasteiger partial charge in [-0.15, -0.1) is 0 Å². The standard InChI is InChI=1S/C27H28BrFN2O3/c1-3-30-27(33)25(16-20-9-5-4-6-10-20)31(17-21-11-7-8-12-24(21)29)26(32)18-34-22-13-14-23(28)19(2)15-22/h4-15,25H,3,16-18H2,1-2H3,(H,30,33). The van der Waals surface area contributed by atoms with Crippen LogP contribution in [0.4, 0.5) is 4.39 Å². The molecule has 0 aromatic heterocycles. The molecule has 0 aliphatic carbocycles. The number of nitrogens with zero attached hydrogens (tertiary/aromatic N) is 1. The molecule has 1 N–H and O–H groups in total. The smallest absolute Gasteiger partial charge is 0.261 e. The van der Waals surface area contributed by atoms with Crippen LogP contribution in [-0.4, -0.2) is 35.9 Å². The SMILES string of the molecule is CCNC(=O)C(Cc1ccccc1)N(Cc1ccccc1F)C(=O)COc1ccc(Br)c(C)c1. The van der Waals surface area contributed by atoms with Crippen molar-refractivity contribution in [3.05, 3.63) is 99.8 Å². The van der Waals surface area contributed by atoms with E-state index in [0.29, 0.717) is 24.3 Å². The van der Waals surface area contributed by atoms with E-state index >= 15 is 0 Å². The minimum absolute atomic E-state index is 0.0527. The van der Waals surface area contributed by atoms with Crippen LogP contribution in [0.15, 0.2) is 77.3 Å². The molecule has 0 spiro atoms. The summed E-state index contributed by atoms with van der Waals surface area (Å²) in [6.45, 7) is 3.83. The second-order valence-electron chi connectivity index (χ2n) is 7.91. The molecule has 0 saturated heterocycles. The first-order valence-corrected chi connectivity index (χ1v) is 11.9. The fourth-order valence-corrected chi connectivity index (χ4v) is 3.84. The van der Waals surface area contributed by atoms with Gasteiger partial charge in [0.15, 0.2) is 6.61 Å². The second-order valence-corrected chi connectivity index (χ2v) is 8.77. The largest absolute Gasteiger partial charge is 0.484 e. The van der Waals surface area contributed by atoms with E-state index < -0.39 is 17.8 Å². The van der Waals surface area contributed by atoms with Crippen LogP contribution < -0.4 is 10.1 Å². The lowest BCUT2D eigenvalue weighted by molar-refractivity contribution is -0.142. The minimum Gasteiger partial charge on any atom is -0.484 e. The minimum atomic E-state index is -0.829. The molecule has 0 heterocycles. The molecule has 0 aliphatic rings. The molecule has 7 heteroatoms. The molecule has 0 saturated carbocycles. The summed E-state index contributed by atoms with van der Waals surface area (Å²) < 4.78 is 21.2. The summed E-state index contributed by atoms with van der Waals surface area (Å²) in [5, 5.41) is 2.82. The molecule has 1 unspecified atom stereocenters. The van der Waals surface area contributed by atoms with E-state index in [-0.39, 0.29) is 19.1 Å². The predicted octanol–water partition coefficient (Wildman–Crippen LogP) is 5.05. The third-order valence-corrected chi connectivity index (χ3v) is 6.30. The van der Waals surface area contributed by atoms with E-state index in [1.54, 1.807) is 24.3 Å². The van der Waals surface area contributed by atoms with Crippen molar-refractivity contribution in [1.29, 1.82) is 0 Å². The molecule has 3 aromatic rings. The van der Waals surface area contributed by atoms with Crippen LogP contribution in [0.25, 0.3) is 0 Å². The summed E-state index contributed by atoms with van der Waals surface area (Å²) in [5.41, 5.74) is 2.20. The van der Waals surface area contributed by atoms with Crippen LogP contribution in [0, 0.1) is 12.7 Å². The normalized spacial score (nSPS) is 11.5. The molecule has 178 valence electrons. The predicted molar refractivity (Wildman–Crippen MR) is 134 cm³/mol. The number of nitrogens with one attached hydrogen (secondary N) is 1. The van der Waals surface area contributed by atoms with Crippen LogP contribution in [-0.2, 0) is 22.6 Å². The molecule has 0 fully saturated rings. The van der Waals surface area contributed by atoms with E-state index in [1.165, 1.54) is 11.0 Å². The molecule has 0 aliphatic heterocycles. The third-order valence-electron chi connectivity index (χ3n) is 5.41. The van der Waals surface area contributed by atoms with Crippen molar-refractivity contribution >= 4 is 27.7 Å². The van der Waals surface area contributed by atoms with Gasteiger partial charge in [0, 0.05) is 29.5 Å². The fraction of sp³-hybridized carbons (Fsp3) is 0.259. The van der Waals surface area contributed by atoms with Gasteiger partial charge < -0.3 is 15.0 Å². The maximum Gasteiger partial charge on any atom is 0.261 e. The summed E-state index contributed by atoms with van der Waals surface area (Å²) >= 11 is 3.45. The topological polar surface area (TPSA) is 58.6 Å². The van der Waals surface area contributed by atoms with E-state index in [0.717, 1.165) is 15.6 Å². The van der Waals surface area contributed by atoms with Gasteiger partial charge in [-0.2, -0.15) is 0 Å². The summed E-state index contributed by atoms with van der Waals surface area (Å²) in [6.07, 6.45) is 0.296. The van der Waals surface area contributed by atoms with E-state index in [1.807, 2.05) is 56.3 Å². The zero-order valence-corrected chi connectivity index (χ0v) is 20.8. The van der Waals surface area contributed by atoms with Crippen LogP contribution in [0.5, 0.6) is 5.75 Å². The number of benzene rings is 3. The average Bonchev–Trinajstić information content (AvgIpc) is 2.83. The van der Waals surface area contributed by atoms with Gasteiger partial charge in [-0.25, -0.2) is 4.39 Å². The Bertz CT molecular complexity index is 1120. The average molecular weight is 527 g/mol. The number of halogens is 2. The van der Waals surface area contributed by atoms with Gasteiger partial charge in [-0.1, -0.05) is 64.5 Å². The van der Waals surface area contributed by atoms with Gasteiger partial charge in [0.1, 0.15) is 17.6 Å². The summed E-state index contributed by atoms with van der Waals surface area (Å²) in [7, 11) is 0.